The molecule has 29 heavy (non-hydrogen) atoms. The van der Waals surface area contributed by atoms with Crippen molar-refractivity contribution in [3.05, 3.63) is 35.9 Å². The van der Waals surface area contributed by atoms with E-state index in [1.165, 1.54) is 63.4 Å². The van der Waals surface area contributed by atoms with E-state index in [2.05, 4.69) is 37.3 Å². The van der Waals surface area contributed by atoms with E-state index in [-0.39, 0.29) is 6.10 Å². The van der Waals surface area contributed by atoms with Crippen LogP contribution in [-0.2, 0) is 11.3 Å². The fraction of sp³-hybridized carbons (Fsp3) is 0.778. The van der Waals surface area contributed by atoms with Crippen molar-refractivity contribution < 1.29 is 9.84 Å². The standard InChI is InChI=1S/C27H40O2/c1-18(28)25-12-13-26-24-10-8-20-16-21(29-17-19-6-4-3-5-7-19)9-11-22(20)23(24)14-15-27(25,26)2/h3-7,18,20-26,28H,8-17H2,1-2H3/t18-,20+,21+,22-,23+,24+,25+,26-,27+/m0/s1. The summed E-state index contributed by atoms with van der Waals surface area (Å²) in [6, 6.07) is 10.7. The highest BCUT2D eigenvalue weighted by Gasteiger charge is 2.57. The van der Waals surface area contributed by atoms with Crippen molar-refractivity contribution >= 4 is 0 Å². The second-order valence-electron chi connectivity index (χ2n) is 11.1. The monoisotopic (exact) mass is 396 g/mol. The minimum Gasteiger partial charge on any atom is -0.393 e. The second kappa shape index (κ2) is 8.00. The van der Waals surface area contributed by atoms with Crippen molar-refractivity contribution in [1.82, 2.24) is 0 Å². The molecule has 9 atom stereocenters. The number of fused-ring (bicyclic) bond motifs is 5. The Bertz CT molecular complexity index is 685. The number of rotatable bonds is 4. The lowest BCUT2D eigenvalue weighted by atomic mass is 9.49. The molecule has 4 aliphatic carbocycles. The molecule has 160 valence electrons. The van der Waals surface area contributed by atoms with Crippen LogP contribution < -0.4 is 0 Å². The predicted octanol–water partition coefficient (Wildman–Crippen LogP) is 6.22. The van der Waals surface area contributed by atoms with Gasteiger partial charge in [0.05, 0.1) is 18.8 Å². The maximum absolute atomic E-state index is 10.4. The SMILES string of the molecule is C[C@H](O)[C@H]1CC[C@H]2[C@@H]3CC[C@@H]4C[C@H](OCc5ccccc5)CC[C@@H]4[C@H]3CC[C@]12C. The van der Waals surface area contributed by atoms with Crippen LogP contribution in [0.25, 0.3) is 0 Å². The normalized spacial score (nSPS) is 45.1. The molecule has 1 aromatic rings. The number of hydrogen-bond donors (Lipinski definition) is 1. The van der Waals surface area contributed by atoms with E-state index in [0.29, 0.717) is 17.4 Å². The van der Waals surface area contributed by atoms with Gasteiger partial charge in [-0.15, -0.1) is 0 Å². The van der Waals surface area contributed by atoms with Gasteiger partial charge in [0, 0.05) is 0 Å². The summed E-state index contributed by atoms with van der Waals surface area (Å²) in [5.41, 5.74) is 1.71. The van der Waals surface area contributed by atoms with E-state index < -0.39 is 0 Å². The summed E-state index contributed by atoms with van der Waals surface area (Å²) < 4.78 is 6.35. The summed E-state index contributed by atoms with van der Waals surface area (Å²) in [5, 5.41) is 10.4. The minimum absolute atomic E-state index is 0.130. The van der Waals surface area contributed by atoms with Crippen molar-refractivity contribution in [3.8, 4) is 0 Å². The zero-order valence-electron chi connectivity index (χ0n) is 18.4. The molecule has 0 spiro atoms. The summed E-state index contributed by atoms with van der Waals surface area (Å²) in [7, 11) is 0. The highest BCUT2D eigenvalue weighted by Crippen LogP contribution is 2.64. The molecule has 0 unspecified atom stereocenters. The Morgan fingerprint density at radius 2 is 1.76 bits per heavy atom. The first-order valence-electron chi connectivity index (χ1n) is 12.4. The van der Waals surface area contributed by atoms with Crippen molar-refractivity contribution in [2.45, 2.75) is 90.4 Å². The largest absolute Gasteiger partial charge is 0.393 e. The third-order valence-corrected chi connectivity index (χ3v) is 9.89. The van der Waals surface area contributed by atoms with Gasteiger partial charge in [0.1, 0.15) is 0 Å². The Labute approximate surface area is 177 Å². The van der Waals surface area contributed by atoms with Gasteiger partial charge < -0.3 is 9.84 Å². The number of aliphatic hydroxyl groups is 1. The van der Waals surface area contributed by atoms with Crippen LogP contribution in [0.3, 0.4) is 0 Å². The zero-order chi connectivity index (χ0) is 20.0. The van der Waals surface area contributed by atoms with Gasteiger partial charge in [0.2, 0.25) is 0 Å². The molecule has 0 amide bonds. The van der Waals surface area contributed by atoms with E-state index in [1.807, 2.05) is 6.92 Å². The molecule has 5 rings (SSSR count). The van der Waals surface area contributed by atoms with Crippen LogP contribution in [0.4, 0.5) is 0 Å². The molecule has 0 heterocycles. The Balaban J connectivity index is 1.21. The van der Waals surface area contributed by atoms with Crippen LogP contribution in [0.1, 0.15) is 77.2 Å². The van der Waals surface area contributed by atoms with Crippen LogP contribution in [0.2, 0.25) is 0 Å². The molecule has 1 N–H and O–H groups in total. The molecule has 0 radical (unpaired) electrons. The Kier molecular flexibility index (Phi) is 5.54. The fourth-order valence-corrected chi connectivity index (χ4v) is 8.58. The maximum atomic E-state index is 10.4. The fourth-order valence-electron chi connectivity index (χ4n) is 8.58. The highest BCUT2D eigenvalue weighted by molar-refractivity contribution is 5.13. The van der Waals surface area contributed by atoms with Gasteiger partial charge in [-0.05, 0) is 111 Å². The van der Waals surface area contributed by atoms with Gasteiger partial charge in [-0.2, -0.15) is 0 Å². The summed E-state index contributed by atoms with van der Waals surface area (Å²) in [4.78, 5) is 0. The molecule has 0 aliphatic heterocycles. The molecular weight excluding hydrogens is 356 g/mol. The molecule has 0 aromatic heterocycles. The topological polar surface area (TPSA) is 29.5 Å². The first kappa shape index (κ1) is 20.1. The molecule has 4 fully saturated rings. The van der Waals surface area contributed by atoms with E-state index in [9.17, 15) is 5.11 Å². The first-order valence-corrected chi connectivity index (χ1v) is 12.4. The molecule has 2 heteroatoms. The van der Waals surface area contributed by atoms with Gasteiger partial charge in [0.25, 0.3) is 0 Å². The van der Waals surface area contributed by atoms with Crippen LogP contribution in [0.5, 0.6) is 0 Å². The first-order chi connectivity index (χ1) is 14.1. The minimum atomic E-state index is -0.130. The molecule has 4 aliphatic rings. The molecule has 0 saturated heterocycles. The third-order valence-electron chi connectivity index (χ3n) is 9.89. The lowest BCUT2D eigenvalue weighted by molar-refractivity contribution is -0.0984. The Hall–Kier alpha value is -0.860. The van der Waals surface area contributed by atoms with Gasteiger partial charge in [0.15, 0.2) is 0 Å². The third kappa shape index (κ3) is 3.59. The second-order valence-corrected chi connectivity index (χ2v) is 11.1. The molecular formula is C27H40O2. The van der Waals surface area contributed by atoms with Gasteiger partial charge in [-0.25, -0.2) is 0 Å². The average molecular weight is 397 g/mol. The van der Waals surface area contributed by atoms with Gasteiger partial charge in [-0.1, -0.05) is 37.3 Å². The predicted molar refractivity (Wildman–Crippen MR) is 117 cm³/mol. The number of benzene rings is 1. The van der Waals surface area contributed by atoms with Gasteiger partial charge >= 0.3 is 0 Å². The van der Waals surface area contributed by atoms with E-state index in [4.69, 9.17) is 4.74 Å². The molecule has 2 nitrogen and oxygen atoms in total. The zero-order valence-corrected chi connectivity index (χ0v) is 18.4. The van der Waals surface area contributed by atoms with Gasteiger partial charge in [-0.3, -0.25) is 0 Å². The average Bonchev–Trinajstić information content (AvgIpc) is 3.10. The summed E-state index contributed by atoms with van der Waals surface area (Å²) in [6.07, 6.45) is 12.5. The lowest BCUT2D eigenvalue weighted by Crippen LogP contribution is -2.50. The van der Waals surface area contributed by atoms with Crippen LogP contribution >= 0.6 is 0 Å². The van der Waals surface area contributed by atoms with Crippen molar-refractivity contribution in [2.75, 3.05) is 0 Å². The summed E-state index contributed by atoms with van der Waals surface area (Å²) >= 11 is 0. The molecule has 1 aromatic carbocycles. The summed E-state index contributed by atoms with van der Waals surface area (Å²) in [5.74, 6) is 5.13. The smallest absolute Gasteiger partial charge is 0.0720 e. The van der Waals surface area contributed by atoms with Crippen LogP contribution in [0.15, 0.2) is 30.3 Å². The Morgan fingerprint density at radius 1 is 0.966 bits per heavy atom. The van der Waals surface area contributed by atoms with E-state index >= 15 is 0 Å². The maximum Gasteiger partial charge on any atom is 0.0720 e. The summed E-state index contributed by atoms with van der Waals surface area (Å²) in [6.45, 7) is 5.34. The van der Waals surface area contributed by atoms with Crippen molar-refractivity contribution in [1.29, 1.82) is 0 Å². The van der Waals surface area contributed by atoms with Crippen molar-refractivity contribution in [2.24, 2.45) is 40.9 Å². The number of ether oxygens (including phenoxy) is 1. The lowest BCUT2D eigenvalue weighted by Gasteiger charge is -2.56. The Morgan fingerprint density at radius 3 is 2.55 bits per heavy atom. The molecule has 4 saturated carbocycles. The van der Waals surface area contributed by atoms with Crippen LogP contribution in [-0.4, -0.2) is 17.3 Å². The van der Waals surface area contributed by atoms with Crippen LogP contribution in [0, 0.1) is 40.9 Å². The number of aliphatic hydroxyl groups excluding tert-OH is 1. The van der Waals surface area contributed by atoms with E-state index in [0.717, 1.165) is 36.2 Å². The van der Waals surface area contributed by atoms with Crippen molar-refractivity contribution in [3.63, 3.8) is 0 Å². The molecule has 0 bridgehead atoms. The van der Waals surface area contributed by atoms with E-state index in [1.54, 1.807) is 0 Å². The number of hydrogen-bond acceptors (Lipinski definition) is 2. The highest BCUT2D eigenvalue weighted by atomic mass is 16.5. The quantitative estimate of drug-likeness (QED) is 0.654.